The molecule has 1 aromatic carbocycles. The molecule has 0 aliphatic carbocycles. The van der Waals surface area contributed by atoms with Crippen LogP contribution in [0.4, 0.5) is 24.5 Å². The van der Waals surface area contributed by atoms with Gasteiger partial charge in [0.05, 0.1) is 28.2 Å². The van der Waals surface area contributed by atoms with Crippen molar-refractivity contribution in [1.29, 1.82) is 0 Å². The molecular formula is C17H17ClF3N3O. The largest absolute Gasteiger partial charge is 0.416 e. The summed E-state index contributed by atoms with van der Waals surface area (Å²) in [5.74, 6) is -0.307. The molecule has 1 aromatic heterocycles. The van der Waals surface area contributed by atoms with Gasteiger partial charge in [-0.05, 0) is 43.7 Å². The molecule has 2 aromatic rings. The third-order valence-corrected chi connectivity index (χ3v) is 3.89. The Balaban J connectivity index is 2.15. The van der Waals surface area contributed by atoms with Crippen LogP contribution < -0.4 is 10.6 Å². The van der Waals surface area contributed by atoms with Gasteiger partial charge in [0.25, 0.3) is 5.91 Å². The van der Waals surface area contributed by atoms with E-state index >= 15 is 0 Å². The lowest BCUT2D eigenvalue weighted by atomic mass is 10.2. The zero-order chi connectivity index (χ0) is 18.6. The summed E-state index contributed by atoms with van der Waals surface area (Å²) in [4.78, 5) is 16.0. The summed E-state index contributed by atoms with van der Waals surface area (Å²) in [6.45, 7) is 3.83. The van der Waals surface area contributed by atoms with E-state index in [1.807, 2.05) is 13.8 Å². The van der Waals surface area contributed by atoms with Gasteiger partial charge < -0.3 is 10.6 Å². The fourth-order valence-electron chi connectivity index (χ4n) is 1.95. The number of hydrogen-bond acceptors (Lipinski definition) is 3. The summed E-state index contributed by atoms with van der Waals surface area (Å²) < 4.78 is 38.4. The normalized spacial score (nSPS) is 12.6. The number of carbonyl (C=O) groups is 1. The molecule has 134 valence electrons. The van der Waals surface area contributed by atoms with E-state index in [1.165, 1.54) is 18.3 Å². The first kappa shape index (κ1) is 19.1. The monoisotopic (exact) mass is 371 g/mol. The molecule has 1 atom stereocenters. The maximum absolute atomic E-state index is 12.8. The molecule has 1 amide bonds. The van der Waals surface area contributed by atoms with E-state index in [0.29, 0.717) is 5.69 Å². The van der Waals surface area contributed by atoms with Gasteiger partial charge in [-0.25, -0.2) is 4.98 Å². The van der Waals surface area contributed by atoms with Crippen LogP contribution in [0.2, 0.25) is 5.02 Å². The molecular weight excluding hydrogens is 355 g/mol. The topological polar surface area (TPSA) is 54.0 Å². The minimum Gasteiger partial charge on any atom is -0.353 e. The Hall–Kier alpha value is -2.28. The first-order valence-corrected chi connectivity index (χ1v) is 7.99. The van der Waals surface area contributed by atoms with Crippen molar-refractivity contribution < 1.29 is 18.0 Å². The molecule has 0 spiro atoms. The molecule has 0 aliphatic rings. The number of amides is 1. The number of rotatable bonds is 5. The summed E-state index contributed by atoms with van der Waals surface area (Å²) in [5, 5.41) is 5.70. The summed E-state index contributed by atoms with van der Waals surface area (Å²) in [6.07, 6.45) is -2.31. The summed E-state index contributed by atoms with van der Waals surface area (Å²) in [7, 11) is 0. The number of alkyl halides is 3. The first-order valence-electron chi connectivity index (χ1n) is 7.61. The summed E-state index contributed by atoms with van der Waals surface area (Å²) in [5.41, 5.74) is -0.0608. The molecule has 0 saturated carbocycles. The molecule has 0 bridgehead atoms. The Morgan fingerprint density at radius 2 is 2.00 bits per heavy atom. The van der Waals surface area contributed by atoms with E-state index in [1.54, 1.807) is 6.07 Å². The highest BCUT2D eigenvalue weighted by molar-refractivity contribution is 6.33. The van der Waals surface area contributed by atoms with Crippen molar-refractivity contribution >= 4 is 28.9 Å². The van der Waals surface area contributed by atoms with Gasteiger partial charge in [-0.3, -0.25) is 4.79 Å². The van der Waals surface area contributed by atoms with Crippen molar-refractivity contribution in [2.45, 2.75) is 32.5 Å². The van der Waals surface area contributed by atoms with E-state index in [0.717, 1.165) is 18.6 Å². The third-order valence-electron chi connectivity index (χ3n) is 3.56. The Morgan fingerprint density at radius 3 is 2.56 bits per heavy atom. The average molecular weight is 372 g/mol. The number of pyridine rings is 1. The molecule has 8 heteroatoms. The maximum Gasteiger partial charge on any atom is 0.416 e. The maximum atomic E-state index is 12.8. The van der Waals surface area contributed by atoms with Gasteiger partial charge in [-0.2, -0.15) is 13.2 Å². The van der Waals surface area contributed by atoms with Crippen LogP contribution in [0.5, 0.6) is 0 Å². The Bertz CT molecular complexity index is 748. The van der Waals surface area contributed by atoms with Crippen molar-refractivity contribution in [2.75, 3.05) is 5.32 Å². The van der Waals surface area contributed by atoms with E-state index < -0.39 is 11.7 Å². The van der Waals surface area contributed by atoms with Crippen molar-refractivity contribution in [2.24, 2.45) is 0 Å². The zero-order valence-corrected chi connectivity index (χ0v) is 14.4. The molecule has 0 saturated heterocycles. The van der Waals surface area contributed by atoms with E-state index in [4.69, 9.17) is 11.6 Å². The van der Waals surface area contributed by atoms with Gasteiger partial charge in [-0.15, -0.1) is 0 Å². The minimum atomic E-state index is -4.46. The average Bonchev–Trinajstić information content (AvgIpc) is 2.56. The molecule has 1 heterocycles. The number of halogens is 4. The number of nitrogens with zero attached hydrogens (tertiary/aromatic N) is 1. The fourth-order valence-corrected chi connectivity index (χ4v) is 2.12. The number of hydrogen-bond donors (Lipinski definition) is 2. The predicted octanol–water partition coefficient (Wildman–Crippen LogP) is 5.03. The standard InChI is InChI=1S/C17H17ClF3N3O/c1-3-10(2)23-16(25)14-7-5-12(9-22-14)24-15-8-11(17(19,20)21)4-6-13(15)18/h4-10,24H,3H2,1-2H3,(H,23,25). The molecule has 25 heavy (non-hydrogen) atoms. The Labute approximate surface area is 148 Å². The smallest absolute Gasteiger partial charge is 0.353 e. The highest BCUT2D eigenvalue weighted by atomic mass is 35.5. The van der Waals surface area contributed by atoms with Crippen molar-refractivity contribution in [3.63, 3.8) is 0 Å². The molecule has 0 aliphatic heterocycles. The lowest BCUT2D eigenvalue weighted by molar-refractivity contribution is -0.137. The number of aromatic nitrogens is 1. The number of benzene rings is 1. The van der Waals surface area contributed by atoms with Crippen molar-refractivity contribution in [3.8, 4) is 0 Å². The zero-order valence-electron chi connectivity index (χ0n) is 13.6. The number of nitrogens with one attached hydrogen (secondary N) is 2. The second-order valence-electron chi connectivity index (χ2n) is 5.53. The molecule has 2 rings (SSSR count). The van der Waals surface area contributed by atoms with E-state index in [9.17, 15) is 18.0 Å². The lowest BCUT2D eigenvalue weighted by Crippen LogP contribution is -2.32. The molecule has 1 unspecified atom stereocenters. The van der Waals surface area contributed by atoms with E-state index in [2.05, 4.69) is 15.6 Å². The number of anilines is 2. The number of carbonyl (C=O) groups excluding carboxylic acids is 1. The first-order chi connectivity index (χ1) is 11.7. The minimum absolute atomic E-state index is 0.0241. The predicted molar refractivity (Wildman–Crippen MR) is 91.2 cm³/mol. The van der Waals surface area contributed by atoms with Gasteiger partial charge in [0.1, 0.15) is 5.69 Å². The third kappa shape index (κ3) is 5.09. The van der Waals surface area contributed by atoms with Gasteiger partial charge in [0.15, 0.2) is 0 Å². The second-order valence-corrected chi connectivity index (χ2v) is 5.94. The molecule has 0 radical (unpaired) electrons. The highest BCUT2D eigenvalue weighted by Crippen LogP contribution is 2.34. The van der Waals surface area contributed by atoms with Crippen molar-refractivity contribution in [1.82, 2.24) is 10.3 Å². The quantitative estimate of drug-likeness (QED) is 0.775. The second kappa shape index (κ2) is 7.74. The van der Waals surface area contributed by atoms with Gasteiger partial charge in [0, 0.05) is 6.04 Å². The van der Waals surface area contributed by atoms with E-state index in [-0.39, 0.29) is 28.4 Å². The Kier molecular flexibility index (Phi) is 5.89. The van der Waals surface area contributed by atoms with Crippen LogP contribution >= 0.6 is 11.6 Å². The lowest BCUT2D eigenvalue weighted by Gasteiger charge is -2.13. The summed E-state index contributed by atoms with van der Waals surface area (Å²) >= 11 is 5.94. The highest BCUT2D eigenvalue weighted by Gasteiger charge is 2.31. The SMILES string of the molecule is CCC(C)NC(=O)c1ccc(Nc2cc(C(F)(F)F)ccc2Cl)cn1. The fraction of sp³-hybridized carbons (Fsp3) is 0.294. The van der Waals surface area contributed by atoms with Gasteiger partial charge in [0.2, 0.25) is 0 Å². The van der Waals surface area contributed by atoms with Crippen LogP contribution in [0.3, 0.4) is 0 Å². The van der Waals surface area contributed by atoms with Crippen LogP contribution in [-0.2, 0) is 6.18 Å². The Morgan fingerprint density at radius 1 is 1.28 bits per heavy atom. The van der Waals surface area contributed by atoms with Crippen LogP contribution in [-0.4, -0.2) is 16.9 Å². The molecule has 4 nitrogen and oxygen atoms in total. The summed E-state index contributed by atoms with van der Waals surface area (Å²) in [6, 6.07) is 6.07. The molecule has 0 fully saturated rings. The van der Waals surface area contributed by atoms with Gasteiger partial charge in [-0.1, -0.05) is 18.5 Å². The molecule has 2 N–H and O–H groups in total. The van der Waals surface area contributed by atoms with Crippen LogP contribution in [0.25, 0.3) is 0 Å². The van der Waals surface area contributed by atoms with Crippen molar-refractivity contribution in [3.05, 3.63) is 52.8 Å². The van der Waals surface area contributed by atoms with Gasteiger partial charge >= 0.3 is 6.18 Å². The van der Waals surface area contributed by atoms with Crippen LogP contribution in [0.15, 0.2) is 36.5 Å². The van der Waals surface area contributed by atoms with Crippen LogP contribution in [0.1, 0.15) is 36.3 Å². The van der Waals surface area contributed by atoms with Crippen LogP contribution in [0, 0.1) is 0 Å².